The molecule has 3 heterocycles. The van der Waals surface area contributed by atoms with Crippen LogP contribution in [0.3, 0.4) is 0 Å². The zero-order valence-corrected chi connectivity index (χ0v) is 15.8. The van der Waals surface area contributed by atoms with Crippen molar-refractivity contribution in [3.63, 3.8) is 0 Å². The molecular weight excluding hydrogens is 376 g/mol. The molecular formula is C17H18N2O7S. The highest BCUT2D eigenvalue weighted by molar-refractivity contribution is 7.20. The number of hydrogen-bond acceptors (Lipinski definition) is 9. The van der Waals surface area contributed by atoms with Crippen LogP contribution >= 0.6 is 11.3 Å². The van der Waals surface area contributed by atoms with Gasteiger partial charge in [0.15, 0.2) is 11.9 Å². The molecule has 0 saturated carbocycles. The Hall–Kier alpha value is -2.88. The van der Waals surface area contributed by atoms with E-state index >= 15 is 0 Å². The number of esters is 2. The molecule has 0 radical (unpaired) electrons. The van der Waals surface area contributed by atoms with Gasteiger partial charge >= 0.3 is 11.9 Å². The molecule has 144 valence electrons. The molecule has 0 aromatic carbocycles. The number of nitrogens with zero attached hydrogens (tertiary/aromatic N) is 1. The molecule has 2 aromatic rings. The Morgan fingerprint density at radius 1 is 1.37 bits per heavy atom. The Kier molecular flexibility index (Phi) is 5.45. The van der Waals surface area contributed by atoms with Crippen molar-refractivity contribution in [2.24, 2.45) is 0 Å². The molecule has 0 amide bonds. The van der Waals surface area contributed by atoms with Crippen LogP contribution in [0.25, 0.3) is 10.2 Å². The van der Waals surface area contributed by atoms with Gasteiger partial charge in [0.05, 0.1) is 12.0 Å². The first kappa shape index (κ1) is 18.9. The van der Waals surface area contributed by atoms with Gasteiger partial charge in [0.2, 0.25) is 5.76 Å². The minimum absolute atomic E-state index is 0.0481. The molecule has 3 rings (SSSR count). The summed E-state index contributed by atoms with van der Waals surface area (Å²) in [5, 5.41) is 0.317. The number of aryl methyl sites for hydroxylation is 1. The molecule has 0 aliphatic carbocycles. The summed E-state index contributed by atoms with van der Waals surface area (Å²) in [6.07, 6.45) is 0.348. The predicted octanol–water partition coefficient (Wildman–Crippen LogP) is 1.96. The Bertz CT molecular complexity index is 976. The molecule has 0 bridgehead atoms. The highest BCUT2D eigenvalue weighted by Crippen LogP contribution is 2.28. The summed E-state index contributed by atoms with van der Waals surface area (Å²) in [7, 11) is 0. The third-order valence-electron chi connectivity index (χ3n) is 3.80. The normalized spacial score (nSPS) is 14.7. The second-order valence-corrected chi connectivity index (χ2v) is 6.66. The van der Waals surface area contributed by atoms with Crippen LogP contribution in [0.1, 0.15) is 41.0 Å². The maximum atomic E-state index is 12.5. The van der Waals surface area contributed by atoms with E-state index in [4.69, 9.17) is 18.9 Å². The van der Waals surface area contributed by atoms with Crippen LogP contribution in [0.4, 0.5) is 0 Å². The topological polar surface area (TPSA) is 117 Å². The van der Waals surface area contributed by atoms with Crippen molar-refractivity contribution in [3.05, 3.63) is 38.6 Å². The molecule has 2 aromatic heterocycles. The molecule has 1 N–H and O–H groups in total. The number of rotatable bonds is 5. The molecule has 1 aliphatic rings. The first-order valence-electron chi connectivity index (χ1n) is 8.28. The average Bonchev–Trinajstić information content (AvgIpc) is 2.99. The minimum atomic E-state index is -0.838. The zero-order chi connectivity index (χ0) is 19.6. The van der Waals surface area contributed by atoms with E-state index in [1.54, 1.807) is 20.8 Å². The van der Waals surface area contributed by atoms with E-state index in [0.29, 0.717) is 27.3 Å². The van der Waals surface area contributed by atoms with Crippen LogP contribution in [0.15, 0.2) is 16.8 Å². The Balaban J connectivity index is 1.89. The fraction of sp³-hybridized carbons (Fsp3) is 0.412. The van der Waals surface area contributed by atoms with Crippen LogP contribution in [-0.4, -0.2) is 41.7 Å². The van der Waals surface area contributed by atoms with Gasteiger partial charge in [0.1, 0.15) is 29.2 Å². The minimum Gasteiger partial charge on any atom is -0.493 e. The average molecular weight is 394 g/mol. The molecule has 9 nitrogen and oxygen atoms in total. The first-order chi connectivity index (χ1) is 12.9. The number of ether oxygens (including phenoxy) is 4. The highest BCUT2D eigenvalue weighted by Gasteiger charge is 2.24. The van der Waals surface area contributed by atoms with Crippen LogP contribution in [0.2, 0.25) is 0 Å². The number of hydrogen-bond donors (Lipinski definition) is 1. The van der Waals surface area contributed by atoms with Crippen LogP contribution < -0.4 is 5.56 Å². The van der Waals surface area contributed by atoms with Gasteiger partial charge in [-0.1, -0.05) is 0 Å². The Labute approximate surface area is 157 Å². The second kappa shape index (κ2) is 7.78. The molecule has 1 atom stereocenters. The van der Waals surface area contributed by atoms with Gasteiger partial charge in [0, 0.05) is 0 Å². The van der Waals surface area contributed by atoms with Gasteiger partial charge in [-0.2, -0.15) is 0 Å². The van der Waals surface area contributed by atoms with Crippen LogP contribution in [0.5, 0.6) is 0 Å². The molecule has 0 unspecified atom stereocenters. The number of nitrogens with one attached hydrogen (secondary N) is 1. The Morgan fingerprint density at radius 3 is 2.81 bits per heavy atom. The monoisotopic (exact) mass is 394 g/mol. The lowest BCUT2D eigenvalue weighted by Gasteiger charge is -2.17. The fourth-order valence-corrected chi connectivity index (χ4v) is 3.58. The van der Waals surface area contributed by atoms with Gasteiger partial charge in [0.25, 0.3) is 5.56 Å². The smallest absolute Gasteiger partial charge is 0.377 e. The fourth-order valence-electron chi connectivity index (χ4n) is 2.49. The van der Waals surface area contributed by atoms with Crippen molar-refractivity contribution < 1.29 is 28.5 Å². The lowest BCUT2D eigenvalue weighted by atomic mass is 10.2. The van der Waals surface area contributed by atoms with Crippen molar-refractivity contribution in [3.8, 4) is 0 Å². The van der Waals surface area contributed by atoms with E-state index < -0.39 is 23.6 Å². The maximum absolute atomic E-state index is 12.5. The first-order valence-corrected chi connectivity index (χ1v) is 9.10. The van der Waals surface area contributed by atoms with Crippen molar-refractivity contribution in [1.82, 2.24) is 9.97 Å². The van der Waals surface area contributed by atoms with E-state index in [-0.39, 0.29) is 24.8 Å². The van der Waals surface area contributed by atoms with E-state index in [1.807, 2.05) is 0 Å². The summed E-state index contributed by atoms with van der Waals surface area (Å²) in [4.78, 5) is 44.2. The number of fused-ring (bicyclic) bond motifs is 1. The Morgan fingerprint density at radius 2 is 2.15 bits per heavy atom. The van der Waals surface area contributed by atoms with Crippen molar-refractivity contribution in [2.45, 2.75) is 26.9 Å². The summed E-state index contributed by atoms with van der Waals surface area (Å²) in [6.45, 7) is 5.78. The van der Waals surface area contributed by atoms with E-state index in [1.165, 1.54) is 6.26 Å². The quantitative estimate of drug-likeness (QED) is 0.765. The summed E-state index contributed by atoms with van der Waals surface area (Å²) in [5.41, 5.74) is 0.0926. The molecule has 0 spiro atoms. The number of carbonyl (C=O) groups excluding carboxylic acids is 2. The number of H-pyrrole nitrogens is 1. The molecule has 0 saturated heterocycles. The van der Waals surface area contributed by atoms with Crippen molar-refractivity contribution >= 4 is 33.5 Å². The maximum Gasteiger partial charge on any atom is 0.377 e. The number of thiophene rings is 1. The molecule has 27 heavy (non-hydrogen) atoms. The van der Waals surface area contributed by atoms with Crippen LogP contribution in [0, 0.1) is 6.92 Å². The van der Waals surface area contributed by atoms with Gasteiger partial charge < -0.3 is 23.9 Å². The number of aromatic amines is 1. The summed E-state index contributed by atoms with van der Waals surface area (Å²) < 4.78 is 20.5. The van der Waals surface area contributed by atoms with Gasteiger partial charge in [-0.25, -0.2) is 14.6 Å². The summed E-state index contributed by atoms with van der Waals surface area (Å²) in [6, 6.07) is 0. The van der Waals surface area contributed by atoms with Gasteiger partial charge in [-0.05, 0) is 26.3 Å². The number of carbonyl (C=O) groups is 2. The molecule has 10 heteroatoms. The van der Waals surface area contributed by atoms with Crippen LogP contribution in [-0.2, 0) is 23.7 Å². The van der Waals surface area contributed by atoms with E-state index in [9.17, 15) is 14.4 Å². The lowest BCUT2D eigenvalue weighted by molar-refractivity contribution is -0.149. The third kappa shape index (κ3) is 3.80. The largest absolute Gasteiger partial charge is 0.493 e. The zero-order valence-electron chi connectivity index (χ0n) is 15.0. The standard InChI is InChI=1S/C17H18N2O7S/c1-4-24-17(22)12-8(2)11-14(20)18-13(19-15(11)27-12)9(3)26-16(21)10-7-23-5-6-25-10/h7,9H,4-6H2,1-3H3,(H,18,19,20)/t9-/m1/s1. The van der Waals surface area contributed by atoms with Gasteiger partial charge in [-0.3, -0.25) is 4.79 Å². The van der Waals surface area contributed by atoms with Crippen molar-refractivity contribution in [2.75, 3.05) is 19.8 Å². The lowest BCUT2D eigenvalue weighted by Crippen LogP contribution is -2.21. The highest BCUT2D eigenvalue weighted by atomic mass is 32.1. The summed E-state index contributed by atoms with van der Waals surface area (Å²) >= 11 is 1.06. The number of aromatic nitrogens is 2. The van der Waals surface area contributed by atoms with E-state index in [2.05, 4.69) is 9.97 Å². The molecule has 0 fully saturated rings. The van der Waals surface area contributed by atoms with Gasteiger partial charge in [-0.15, -0.1) is 11.3 Å². The van der Waals surface area contributed by atoms with E-state index in [0.717, 1.165) is 11.3 Å². The molecule has 1 aliphatic heterocycles. The SMILES string of the molecule is CCOC(=O)c1sc2nc([C@@H](C)OC(=O)C3=COCCO3)[nH]c(=O)c2c1C. The summed E-state index contributed by atoms with van der Waals surface area (Å²) in [5.74, 6) is -1.11. The predicted molar refractivity (Wildman–Crippen MR) is 95.4 cm³/mol. The third-order valence-corrected chi connectivity index (χ3v) is 4.96. The second-order valence-electron chi connectivity index (χ2n) is 5.66. The van der Waals surface area contributed by atoms with Crippen molar-refractivity contribution in [1.29, 1.82) is 0 Å².